The van der Waals surface area contributed by atoms with Crippen LogP contribution in [0.15, 0.2) is 13.2 Å². The van der Waals surface area contributed by atoms with Crippen molar-refractivity contribution in [2.24, 2.45) is 0 Å². The van der Waals surface area contributed by atoms with Crippen LogP contribution in [0.3, 0.4) is 0 Å². The zero-order chi connectivity index (χ0) is 9.66. The molecular formula is C12H29Cl3. The molecule has 0 N–H and O–H groups in total. The van der Waals surface area contributed by atoms with Gasteiger partial charge in [-0.2, -0.15) is 0 Å². The monoisotopic (exact) mass is 278 g/mol. The maximum atomic E-state index is 3.00. The van der Waals surface area contributed by atoms with Crippen LogP contribution in [-0.2, 0) is 0 Å². The minimum absolute atomic E-state index is 0. The standard InChI is InChI=1S/C10H22.C2H4.3ClH/c1-3-5-7-9-10-8-6-4-2;1-2;;;/h3-10H2,1-2H3;1-2H2;3*1H. The fourth-order valence-electron chi connectivity index (χ4n) is 1.21. The van der Waals surface area contributed by atoms with Gasteiger partial charge in [0.15, 0.2) is 0 Å². The van der Waals surface area contributed by atoms with E-state index in [-0.39, 0.29) is 37.2 Å². The summed E-state index contributed by atoms with van der Waals surface area (Å²) in [6.07, 6.45) is 11.5. The zero-order valence-electron chi connectivity index (χ0n) is 10.3. The highest BCUT2D eigenvalue weighted by Gasteiger charge is 1.87. The van der Waals surface area contributed by atoms with Crippen molar-refractivity contribution in [1.82, 2.24) is 0 Å². The summed E-state index contributed by atoms with van der Waals surface area (Å²) in [5.74, 6) is 0. The number of unbranched alkanes of at least 4 members (excludes halogenated alkanes) is 7. The van der Waals surface area contributed by atoms with Gasteiger partial charge >= 0.3 is 0 Å². The van der Waals surface area contributed by atoms with Crippen LogP contribution in [0.4, 0.5) is 0 Å². The van der Waals surface area contributed by atoms with Gasteiger partial charge in [-0.15, -0.1) is 50.4 Å². The molecule has 0 aliphatic heterocycles. The van der Waals surface area contributed by atoms with Gasteiger partial charge < -0.3 is 0 Å². The zero-order valence-corrected chi connectivity index (χ0v) is 12.7. The van der Waals surface area contributed by atoms with E-state index in [1.165, 1.54) is 51.4 Å². The highest BCUT2D eigenvalue weighted by molar-refractivity contribution is 5.86. The minimum atomic E-state index is 0. The average molecular weight is 280 g/mol. The Morgan fingerprint density at radius 1 is 0.533 bits per heavy atom. The van der Waals surface area contributed by atoms with Crippen LogP contribution in [0, 0.1) is 0 Å². The molecule has 98 valence electrons. The predicted molar refractivity (Wildman–Crippen MR) is 81.3 cm³/mol. The quantitative estimate of drug-likeness (QED) is 0.383. The van der Waals surface area contributed by atoms with E-state index >= 15 is 0 Å². The second kappa shape index (κ2) is 36.5. The van der Waals surface area contributed by atoms with Gasteiger partial charge in [-0.3, -0.25) is 0 Å². The summed E-state index contributed by atoms with van der Waals surface area (Å²) in [5, 5.41) is 0. The topological polar surface area (TPSA) is 0 Å². The maximum Gasteiger partial charge on any atom is -0.0533 e. The van der Waals surface area contributed by atoms with Gasteiger partial charge in [0.1, 0.15) is 0 Å². The van der Waals surface area contributed by atoms with Crippen molar-refractivity contribution in [3.63, 3.8) is 0 Å². The first-order valence-electron chi connectivity index (χ1n) is 5.41. The Kier molecular flexibility index (Phi) is 72.0. The van der Waals surface area contributed by atoms with Gasteiger partial charge in [0.25, 0.3) is 0 Å². The van der Waals surface area contributed by atoms with Gasteiger partial charge in [-0.1, -0.05) is 65.2 Å². The highest BCUT2D eigenvalue weighted by atomic mass is 35.5. The number of halogens is 3. The molecule has 0 bridgehead atoms. The molecule has 0 atom stereocenters. The van der Waals surface area contributed by atoms with Crippen LogP contribution in [0.2, 0.25) is 0 Å². The Labute approximate surface area is 116 Å². The Morgan fingerprint density at radius 3 is 0.933 bits per heavy atom. The smallest absolute Gasteiger partial charge is 0.0533 e. The van der Waals surface area contributed by atoms with E-state index < -0.39 is 0 Å². The van der Waals surface area contributed by atoms with Crippen molar-refractivity contribution in [1.29, 1.82) is 0 Å². The molecule has 0 amide bonds. The van der Waals surface area contributed by atoms with Crippen molar-refractivity contribution in [2.45, 2.75) is 65.2 Å². The van der Waals surface area contributed by atoms with Crippen LogP contribution in [0.1, 0.15) is 65.2 Å². The molecule has 0 heterocycles. The molecule has 0 aromatic heterocycles. The molecule has 0 unspecified atom stereocenters. The Morgan fingerprint density at radius 2 is 0.733 bits per heavy atom. The SMILES string of the molecule is C=C.CCCCCCCCCC.Cl.Cl.Cl. The Hall–Kier alpha value is 0.610. The normalized spacial score (nSPS) is 7.07. The van der Waals surface area contributed by atoms with E-state index in [0.29, 0.717) is 0 Å². The summed E-state index contributed by atoms with van der Waals surface area (Å²) in [7, 11) is 0. The Bertz CT molecular complexity index is 59.9. The lowest BCUT2D eigenvalue weighted by Gasteiger charge is -1.97. The molecule has 0 aliphatic carbocycles. The van der Waals surface area contributed by atoms with Crippen molar-refractivity contribution in [3.05, 3.63) is 13.2 Å². The summed E-state index contributed by atoms with van der Waals surface area (Å²) in [5.41, 5.74) is 0. The molecule has 0 aromatic rings. The summed E-state index contributed by atoms with van der Waals surface area (Å²) >= 11 is 0. The molecule has 0 saturated heterocycles. The van der Waals surface area contributed by atoms with E-state index in [1.807, 2.05) is 0 Å². The Balaban J connectivity index is -0.0000000626. The molecule has 15 heavy (non-hydrogen) atoms. The van der Waals surface area contributed by atoms with E-state index in [2.05, 4.69) is 27.0 Å². The summed E-state index contributed by atoms with van der Waals surface area (Å²) < 4.78 is 0. The fourth-order valence-corrected chi connectivity index (χ4v) is 1.21. The largest absolute Gasteiger partial charge is 0.147 e. The van der Waals surface area contributed by atoms with E-state index in [9.17, 15) is 0 Å². The van der Waals surface area contributed by atoms with Crippen LogP contribution >= 0.6 is 37.2 Å². The lowest BCUT2D eigenvalue weighted by Crippen LogP contribution is -1.77. The second-order valence-corrected chi connectivity index (χ2v) is 3.12. The molecule has 0 spiro atoms. The van der Waals surface area contributed by atoms with E-state index in [4.69, 9.17) is 0 Å². The molecule has 0 rings (SSSR count). The highest BCUT2D eigenvalue weighted by Crippen LogP contribution is 2.07. The minimum Gasteiger partial charge on any atom is -0.147 e. The molecular weight excluding hydrogens is 250 g/mol. The van der Waals surface area contributed by atoms with E-state index in [1.54, 1.807) is 0 Å². The third-order valence-corrected chi connectivity index (χ3v) is 1.96. The fraction of sp³-hybridized carbons (Fsp3) is 0.833. The molecule has 0 aromatic carbocycles. The van der Waals surface area contributed by atoms with Crippen LogP contribution in [0.5, 0.6) is 0 Å². The number of hydrogen-bond acceptors (Lipinski definition) is 0. The van der Waals surface area contributed by atoms with Crippen molar-refractivity contribution < 1.29 is 0 Å². The number of rotatable bonds is 7. The summed E-state index contributed by atoms with van der Waals surface area (Å²) in [6, 6.07) is 0. The van der Waals surface area contributed by atoms with Crippen LogP contribution < -0.4 is 0 Å². The predicted octanol–water partition coefficient (Wildman–Crippen LogP) is 6.21. The third kappa shape index (κ3) is 40.1. The molecule has 0 aliphatic rings. The molecule has 0 fully saturated rings. The van der Waals surface area contributed by atoms with Gasteiger partial charge in [-0.25, -0.2) is 0 Å². The second-order valence-electron chi connectivity index (χ2n) is 3.12. The summed E-state index contributed by atoms with van der Waals surface area (Å²) in [4.78, 5) is 0. The molecule has 0 radical (unpaired) electrons. The number of hydrogen-bond donors (Lipinski definition) is 0. The van der Waals surface area contributed by atoms with Crippen molar-refractivity contribution >= 4 is 37.2 Å². The van der Waals surface area contributed by atoms with Gasteiger partial charge in [-0.05, 0) is 0 Å². The first-order valence-corrected chi connectivity index (χ1v) is 5.41. The lowest BCUT2D eigenvalue weighted by molar-refractivity contribution is 0.585. The van der Waals surface area contributed by atoms with Crippen molar-refractivity contribution in [2.75, 3.05) is 0 Å². The van der Waals surface area contributed by atoms with Crippen LogP contribution in [-0.4, -0.2) is 0 Å². The molecule has 3 heteroatoms. The first kappa shape index (κ1) is 29.6. The van der Waals surface area contributed by atoms with Crippen LogP contribution in [0.25, 0.3) is 0 Å². The lowest BCUT2D eigenvalue weighted by atomic mass is 10.1. The maximum absolute atomic E-state index is 3.00. The van der Waals surface area contributed by atoms with Gasteiger partial charge in [0.2, 0.25) is 0 Å². The van der Waals surface area contributed by atoms with Gasteiger partial charge in [0.05, 0.1) is 0 Å². The van der Waals surface area contributed by atoms with E-state index in [0.717, 1.165) is 0 Å². The van der Waals surface area contributed by atoms with Gasteiger partial charge in [0, 0.05) is 0 Å². The summed E-state index contributed by atoms with van der Waals surface area (Å²) in [6.45, 7) is 10.5. The molecule has 0 nitrogen and oxygen atoms in total. The van der Waals surface area contributed by atoms with Crippen molar-refractivity contribution in [3.8, 4) is 0 Å². The average Bonchev–Trinajstić information content (AvgIpc) is 2.15. The first-order chi connectivity index (χ1) is 5.91. The molecule has 0 saturated carbocycles. The third-order valence-electron chi connectivity index (χ3n) is 1.96.